The lowest BCUT2D eigenvalue weighted by molar-refractivity contribution is -0.297. The standard InChI is InChI=1S/C9H6ClFO2/c10-8-5-7(11)3-1-6(8)2-4-9(12)13/h1-5H,(H,12,13)/p-1/b4-2-. The van der Waals surface area contributed by atoms with E-state index in [1.54, 1.807) is 0 Å². The highest BCUT2D eigenvalue weighted by Gasteiger charge is 1.97. The summed E-state index contributed by atoms with van der Waals surface area (Å²) in [7, 11) is 0. The number of rotatable bonds is 2. The molecule has 0 unspecified atom stereocenters. The van der Waals surface area contributed by atoms with Crippen LogP contribution >= 0.6 is 11.6 Å². The molecule has 0 heterocycles. The topological polar surface area (TPSA) is 40.1 Å². The Morgan fingerprint density at radius 3 is 2.77 bits per heavy atom. The van der Waals surface area contributed by atoms with E-state index in [-0.39, 0.29) is 5.02 Å². The molecule has 0 aliphatic heterocycles. The number of halogens is 2. The van der Waals surface area contributed by atoms with Crippen LogP contribution in [0, 0.1) is 5.82 Å². The highest BCUT2D eigenvalue weighted by Crippen LogP contribution is 2.18. The van der Waals surface area contributed by atoms with Gasteiger partial charge < -0.3 is 9.90 Å². The highest BCUT2D eigenvalue weighted by molar-refractivity contribution is 6.32. The molecule has 1 aromatic carbocycles. The van der Waals surface area contributed by atoms with E-state index in [4.69, 9.17) is 11.6 Å². The van der Waals surface area contributed by atoms with Crippen molar-refractivity contribution in [3.05, 3.63) is 40.7 Å². The van der Waals surface area contributed by atoms with Gasteiger partial charge >= 0.3 is 0 Å². The van der Waals surface area contributed by atoms with E-state index in [9.17, 15) is 14.3 Å². The molecule has 0 amide bonds. The minimum Gasteiger partial charge on any atom is -0.545 e. The molecule has 0 saturated heterocycles. The Labute approximate surface area is 79.3 Å². The zero-order valence-corrected chi connectivity index (χ0v) is 7.22. The molecule has 68 valence electrons. The first-order chi connectivity index (χ1) is 6.09. The average molecular weight is 200 g/mol. The number of carbonyl (C=O) groups excluding carboxylic acids is 1. The maximum absolute atomic E-state index is 12.5. The molecule has 4 heteroatoms. The predicted molar refractivity (Wildman–Crippen MR) is 45.5 cm³/mol. The second-order valence-electron chi connectivity index (χ2n) is 2.32. The van der Waals surface area contributed by atoms with Gasteiger partial charge in [-0.2, -0.15) is 0 Å². The van der Waals surface area contributed by atoms with Gasteiger partial charge in [-0.15, -0.1) is 0 Å². The zero-order valence-electron chi connectivity index (χ0n) is 6.46. The second kappa shape index (κ2) is 4.05. The Morgan fingerprint density at radius 1 is 1.54 bits per heavy atom. The lowest BCUT2D eigenvalue weighted by atomic mass is 10.2. The van der Waals surface area contributed by atoms with Gasteiger partial charge in [-0.05, 0) is 23.8 Å². The first-order valence-electron chi connectivity index (χ1n) is 3.43. The number of hydrogen-bond donors (Lipinski definition) is 0. The summed E-state index contributed by atoms with van der Waals surface area (Å²) in [6.45, 7) is 0. The second-order valence-corrected chi connectivity index (χ2v) is 2.73. The number of benzene rings is 1. The summed E-state index contributed by atoms with van der Waals surface area (Å²) in [5.41, 5.74) is 0.437. The van der Waals surface area contributed by atoms with Crippen LogP contribution in [0.4, 0.5) is 4.39 Å². The number of carboxylic acid groups (broad SMARTS) is 1. The smallest absolute Gasteiger partial charge is 0.124 e. The van der Waals surface area contributed by atoms with Gasteiger partial charge in [-0.25, -0.2) is 4.39 Å². The van der Waals surface area contributed by atoms with Crippen LogP contribution in [0.2, 0.25) is 5.02 Å². The van der Waals surface area contributed by atoms with Crippen LogP contribution in [0.15, 0.2) is 24.3 Å². The van der Waals surface area contributed by atoms with E-state index in [1.165, 1.54) is 18.2 Å². The molecule has 0 N–H and O–H groups in total. The van der Waals surface area contributed by atoms with Crippen molar-refractivity contribution in [1.82, 2.24) is 0 Å². The van der Waals surface area contributed by atoms with E-state index in [0.717, 1.165) is 12.1 Å². The van der Waals surface area contributed by atoms with Gasteiger partial charge in [0.25, 0.3) is 0 Å². The molecule has 0 spiro atoms. The molecule has 0 bridgehead atoms. The molecule has 0 atom stereocenters. The van der Waals surface area contributed by atoms with Gasteiger partial charge in [-0.1, -0.05) is 23.7 Å². The van der Waals surface area contributed by atoms with Crippen LogP contribution in [0.1, 0.15) is 5.56 Å². The summed E-state index contributed by atoms with van der Waals surface area (Å²) < 4.78 is 12.5. The van der Waals surface area contributed by atoms with E-state index in [1.807, 2.05) is 0 Å². The Bertz CT molecular complexity index is 361. The van der Waals surface area contributed by atoms with E-state index in [2.05, 4.69) is 0 Å². The molecular weight excluding hydrogens is 195 g/mol. The SMILES string of the molecule is O=C([O-])/C=C\c1ccc(F)cc1Cl. The number of hydrogen-bond acceptors (Lipinski definition) is 2. The quantitative estimate of drug-likeness (QED) is 0.673. The largest absolute Gasteiger partial charge is 0.545 e. The van der Waals surface area contributed by atoms with E-state index in [0.29, 0.717) is 5.56 Å². The molecule has 0 radical (unpaired) electrons. The summed E-state index contributed by atoms with van der Waals surface area (Å²) in [5.74, 6) is -1.78. The fraction of sp³-hybridized carbons (Fsp3) is 0. The average Bonchev–Trinajstić information content (AvgIpc) is 2.02. The molecule has 0 aromatic heterocycles. The minimum atomic E-state index is -1.32. The van der Waals surface area contributed by atoms with Crippen LogP contribution < -0.4 is 5.11 Å². The Morgan fingerprint density at radius 2 is 2.23 bits per heavy atom. The van der Waals surface area contributed by atoms with Crippen LogP contribution in [0.3, 0.4) is 0 Å². The minimum absolute atomic E-state index is 0.164. The van der Waals surface area contributed by atoms with Gasteiger partial charge in [0.2, 0.25) is 0 Å². The molecule has 0 aliphatic carbocycles. The third kappa shape index (κ3) is 2.87. The molecule has 13 heavy (non-hydrogen) atoms. The van der Waals surface area contributed by atoms with Gasteiger partial charge in [0.1, 0.15) is 5.82 Å². The number of carbonyl (C=O) groups is 1. The summed E-state index contributed by atoms with van der Waals surface area (Å²) in [6.07, 6.45) is 2.08. The maximum atomic E-state index is 12.5. The van der Waals surface area contributed by atoms with Crippen molar-refractivity contribution in [2.45, 2.75) is 0 Å². The van der Waals surface area contributed by atoms with Crippen LogP contribution in [-0.2, 0) is 4.79 Å². The summed E-state index contributed by atoms with van der Waals surface area (Å²) in [5, 5.41) is 10.2. The van der Waals surface area contributed by atoms with Gasteiger partial charge in [0.15, 0.2) is 0 Å². The van der Waals surface area contributed by atoms with Gasteiger partial charge in [0.05, 0.1) is 11.0 Å². The van der Waals surface area contributed by atoms with Crippen molar-refractivity contribution in [2.24, 2.45) is 0 Å². The lowest BCUT2D eigenvalue weighted by Gasteiger charge is -1.97. The highest BCUT2D eigenvalue weighted by atomic mass is 35.5. The van der Waals surface area contributed by atoms with Crippen LogP contribution in [-0.4, -0.2) is 5.97 Å². The molecule has 0 aliphatic rings. The van der Waals surface area contributed by atoms with Crippen molar-refractivity contribution < 1.29 is 14.3 Å². The summed E-state index contributed by atoms with van der Waals surface area (Å²) in [6, 6.07) is 3.69. The van der Waals surface area contributed by atoms with E-state index >= 15 is 0 Å². The van der Waals surface area contributed by atoms with Crippen molar-refractivity contribution in [3.63, 3.8) is 0 Å². The number of aliphatic carboxylic acids is 1. The van der Waals surface area contributed by atoms with Crippen LogP contribution in [0.25, 0.3) is 6.08 Å². The first kappa shape index (κ1) is 9.74. The monoisotopic (exact) mass is 199 g/mol. The normalized spacial score (nSPS) is 10.6. The maximum Gasteiger partial charge on any atom is 0.124 e. The molecule has 0 saturated carbocycles. The molecular formula is C9H5ClFO2-. The van der Waals surface area contributed by atoms with Crippen molar-refractivity contribution >= 4 is 23.6 Å². The molecule has 1 aromatic rings. The third-order valence-corrected chi connectivity index (χ3v) is 1.69. The van der Waals surface area contributed by atoms with Gasteiger partial charge in [-0.3, -0.25) is 0 Å². The Kier molecular flexibility index (Phi) is 3.03. The predicted octanol–water partition coefficient (Wildman–Crippen LogP) is 1.24. The lowest BCUT2D eigenvalue weighted by Crippen LogP contribution is -2.18. The molecule has 1 rings (SSSR count). The van der Waals surface area contributed by atoms with E-state index < -0.39 is 11.8 Å². The molecule has 0 fully saturated rings. The summed E-state index contributed by atoms with van der Waals surface area (Å²) in [4.78, 5) is 10.0. The fourth-order valence-corrected chi connectivity index (χ4v) is 1.02. The third-order valence-electron chi connectivity index (χ3n) is 1.36. The molecule has 2 nitrogen and oxygen atoms in total. The van der Waals surface area contributed by atoms with Crippen molar-refractivity contribution in [1.29, 1.82) is 0 Å². The Hall–Kier alpha value is -1.35. The summed E-state index contributed by atoms with van der Waals surface area (Å²) >= 11 is 5.61. The van der Waals surface area contributed by atoms with Gasteiger partial charge in [0, 0.05) is 0 Å². The van der Waals surface area contributed by atoms with Crippen molar-refractivity contribution in [2.75, 3.05) is 0 Å². The zero-order chi connectivity index (χ0) is 9.84. The first-order valence-corrected chi connectivity index (χ1v) is 3.81. The Balaban J connectivity index is 2.96. The number of carboxylic acids is 1. The fourth-order valence-electron chi connectivity index (χ4n) is 0.794. The van der Waals surface area contributed by atoms with Crippen molar-refractivity contribution in [3.8, 4) is 0 Å². The van der Waals surface area contributed by atoms with Crippen LogP contribution in [0.5, 0.6) is 0 Å².